The van der Waals surface area contributed by atoms with Gasteiger partial charge in [0.15, 0.2) is 0 Å². The average molecular weight is 405 g/mol. The molecule has 0 unspecified atom stereocenters. The van der Waals surface area contributed by atoms with Crippen molar-refractivity contribution >= 4 is 21.6 Å². The number of halogens is 1. The van der Waals surface area contributed by atoms with Crippen LogP contribution in [-0.2, 0) is 21.2 Å². The van der Waals surface area contributed by atoms with Gasteiger partial charge in [-0.3, -0.25) is 4.79 Å². The molecule has 28 heavy (non-hydrogen) atoms. The molecular weight excluding hydrogens is 379 g/mol. The fourth-order valence-electron chi connectivity index (χ4n) is 3.39. The van der Waals surface area contributed by atoms with Crippen LogP contribution >= 0.6 is 0 Å². The molecule has 5 nitrogen and oxygen atoms in total. The lowest BCUT2D eigenvalue weighted by atomic mass is 9.96. The van der Waals surface area contributed by atoms with E-state index in [9.17, 15) is 17.6 Å². The number of nitrogens with one attached hydrogen (secondary N) is 2. The Morgan fingerprint density at radius 1 is 1.04 bits per heavy atom. The molecule has 2 aromatic carbocycles. The highest BCUT2D eigenvalue weighted by Crippen LogP contribution is 2.20. The van der Waals surface area contributed by atoms with Crippen molar-refractivity contribution in [3.63, 3.8) is 0 Å². The van der Waals surface area contributed by atoms with Crippen molar-refractivity contribution in [2.24, 2.45) is 0 Å². The molecule has 1 fully saturated rings. The predicted octanol–water partition coefficient (Wildman–Crippen LogP) is 4.01. The minimum atomic E-state index is -3.52. The molecule has 0 aliphatic heterocycles. The number of anilines is 1. The summed E-state index contributed by atoms with van der Waals surface area (Å²) in [5.74, 6) is -0.627. The molecule has 0 radical (unpaired) electrons. The maximum Gasteiger partial charge on any atom is 0.240 e. The average Bonchev–Trinajstić information content (AvgIpc) is 2.67. The first kappa shape index (κ1) is 20.5. The molecule has 0 saturated heterocycles. The molecule has 1 aliphatic carbocycles. The Kier molecular flexibility index (Phi) is 6.80. The van der Waals surface area contributed by atoms with Gasteiger partial charge in [-0.1, -0.05) is 37.5 Å². The highest BCUT2D eigenvalue weighted by molar-refractivity contribution is 7.89. The number of benzene rings is 2. The van der Waals surface area contributed by atoms with Crippen LogP contribution in [0.5, 0.6) is 0 Å². The fraction of sp³-hybridized carbons (Fsp3) is 0.381. The van der Waals surface area contributed by atoms with E-state index in [4.69, 9.17) is 0 Å². The molecule has 1 saturated carbocycles. The van der Waals surface area contributed by atoms with Crippen molar-refractivity contribution < 1.29 is 17.6 Å². The second-order valence-electron chi connectivity index (χ2n) is 7.16. The molecule has 0 heterocycles. The number of amides is 1. The normalized spacial score (nSPS) is 15.3. The van der Waals surface area contributed by atoms with E-state index in [1.807, 2.05) is 0 Å². The van der Waals surface area contributed by atoms with E-state index >= 15 is 0 Å². The predicted molar refractivity (Wildman–Crippen MR) is 107 cm³/mol. The third-order valence-corrected chi connectivity index (χ3v) is 6.45. The monoisotopic (exact) mass is 404 g/mol. The number of rotatable bonds is 7. The molecule has 1 aliphatic rings. The Balaban J connectivity index is 1.53. The van der Waals surface area contributed by atoms with Crippen LogP contribution in [-0.4, -0.2) is 20.4 Å². The molecule has 0 atom stereocenters. The minimum Gasteiger partial charge on any atom is -0.326 e. The van der Waals surface area contributed by atoms with Gasteiger partial charge in [-0.15, -0.1) is 0 Å². The summed E-state index contributed by atoms with van der Waals surface area (Å²) in [5.41, 5.74) is 1.28. The molecule has 0 aromatic heterocycles. The maximum atomic E-state index is 13.1. The Morgan fingerprint density at radius 2 is 1.75 bits per heavy atom. The first-order valence-electron chi connectivity index (χ1n) is 9.59. The first-order valence-corrected chi connectivity index (χ1v) is 11.1. The standard InChI is InChI=1S/C21H25FN2O3S/c22-17-5-4-8-19(15-17)23-21(25)14-11-16-9-12-20(13-10-16)28(26,27)24-18-6-2-1-3-7-18/h4-5,8-10,12-13,15,18,24H,1-3,6-7,11,14H2,(H,23,25). The zero-order valence-corrected chi connectivity index (χ0v) is 16.5. The van der Waals surface area contributed by atoms with Gasteiger partial charge in [0.05, 0.1) is 4.90 Å². The van der Waals surface area contributed by atoms with E-state index in [2.05, 4.69) is 10.0 Å². The number of sulfonamides is 1. The zero-order chi connectivity index (χ0) is 20.0. The number of carbonyl (C=O) groups excluding carboxylic acids is 1. The maximum absolute atomic E-state index is 13.1. The largest absolute Gasteiger partial charge is 0.326 e. The van der Waals surface area contributed by atoms with E-state index in [-0.39, 0.29) is 23.3 Å². The van der Waals surface area contributed by atoms with Crippen molar-refractivity contribution in [1.82, 2.24) is 4.72 Å². The van der Waals surface area contributed by atoms with Gasteiger partial charge in [0.2, 0.25) is 15.9 Å². The van der Waals surface area contributed by atoms with Crippen LogP contribution < -0.4 is 10.0 Å². The smallest absolute Gasteiger partial charge is 0.240 e. The molecule has 0 spiro atoms. The van der Waals surface area contributed by atoms with Crippen molar-refractivity contribution in [2.45, 2.75) is 55.9 Å². The summed E-state index contributed by atoms with van der Waals surface area (Å²) >= 11 is 0. The van der Waals surface area contributed by atoms with Crippen LogP contribution in [0.4, 0.5) is 10.1 Å². The Morgan fingerprint density at radius 3 is 2.43 bits per heavy atom. The number of carbonyl (C=O) groups is 1. The number of hydrogen-bond acceptors (Lipinski definition) is 3. The lowest BCUT2D eigenvalue weighted by Crippen LogP contribution is -2.36. The number of hydrogen-bond donors (Lipinski definition) is 2. The summed E-state index contributed by atoms with van der Waals surface area (Å²) in [7, 11) is -3.52. The van der Waals surface area contributed by atoms with Crippen molar-refractivity contribution in [1.29, 1.82) is 0 Å². The van der Waals surface area contributed by atoms with Gasteiger partial charge in [-0.05, 0) is 55.2 Å². The molecule has 0 bridgehead atoms. The van der Waals surface area contributed by atoms with Gasteiger partial charge < -0.3 is 5.32 Å². The topological polar surface area (TPSA) is 75.3 Å². The highest BCUT2D eigenvalue weighted by atomic mass is 32.2. The second-order valence-corrected chi connectivity index (χ2v) is 8.87. The fourth-order valence-corrected chi connectivity index (χ4v) is 4.70. The third kappa shape index (κ3) is 5.87. The lowest BCUT2D eigenvalue weighted by Gasteiger charge is -2.22. The molecule has 150 valence electrons. The second kappa shape index (κ2) is 9.30. The van der Waals surface area contributed by atoms with Crippen LogP contribution in [0.2, 0.25) is 0 Å². The molecule has 7 heteroatoms. The van der Waals surface area contributed by atoms with Gasteiger partial charge >= 0.3 is 0 Å². The van der Waals surface area contributed by atoms with Crippen molar-refractivity contribution in [3.05, 3.63) is 59.9 Å². The van der Waals surface area contributed by atoms with Crippen LogP contribution in [0.1, 0.15) is 44.1 Å². The van der Waals surface area contributed by atoms with Crippen LogP contribution in [0.25, 0.3) is 0 Å². The van der Waals surface area contributed by atoms with Crippen molar-refractivity contribution in [3.8, 4) is 0 Å². The first-order chi connectivity index (χ1) is 13.4. The van der Waals surface area contributed by atoms with Gasteiger partial charge in [0.1, 0.15) is 5.82 Å². The summed E-state index contributed by atoms with van der Waals surface area (Å²) in [6.45, 7) is 0. The molecule has 3 rings (SSSR count). The van der Waals surface area contributed by atoms with Gasteiger partial charge in [0, 0.05) is 18.2 Å². The van der Waals surface area contributed by atoms with E-state index in [0.29, 0.717) is 12.1 Å². The van der Waals surface area contributed by atoms with Crippen molar-refractivity contribution in [2.75, 3.05) is 5.32 Å². The summed E-state index contributed by atoms with van der Waals surface area (Å²) in [6, 6.07) is 12.4. The van der Waals surface area contributed by atoms with Crippen LogP contribution in [0, 0.1) is 5.82 Å². The Hall–Kier alpha value is -2.25. The van der Waals surface area contributed by atoms with E-state index in [1.54, 1.807) is 30.3 Å². The van der Waals surface area contributed by atoms with E-state index < -0.39 is 15.8 Å². The number of aryl methyl sites for hydroxylation is 1. The lowest BCUT2D eigenvalue weighted by molar-refractivity contribution is -0.116. The van der Waals surface area contributed by atoms with E-state index in [1.165, 1.54) is 24.6 Å². The SMILES string of the molecule is O=C(CCc1ccc(S(=O)(=O)NC2CCCCC2)cc1)Nc1cccc(F)c1. The zero-order valence-electron chi connectivity index (χ0n) is 15.7. The highest BCUT2D eigenvalue weighted by Gasteiger charge is 2.21. The molecule has 2 aromatic rings. The quantitative estimate of drug-likeness (QED) is 0.732. The van der Waals surface area contributed by atoms with Gasteiger partial charge in [-0.25, -0.2) is 17.5 Å². The molecule has 1 amide bonds. The summed E-state index contributed by atoms with van der Waals surface area (Å²) < 4.78 is 40.9. The Bertz CT molecular complexity index is 908. The van der Waals surface area contributed by atoms with Gasteiger partial charge in [0.25, 0.3) is 0 Å². The summed E-state index contributed by atoms with van der Waals surface area (Å²) in [5, 5.41) is 2.65. The van der Waals surface area contributed by atoms with Crippen LogP contribution in [0.3, 0.4) is 0 Å². The molecule has 2 N–H and O–H groups in total. The van der Waals surface area contributed by atoms with E-state index in [0.717, 1.165) is 31.2 Å². The van der Waals surface area contributed by atoms with Crippen LogP contribution in [0.15, 0.2) is 53.4 Å². The molecular formula is C21H25FN2O3S. The summed E-state index contributed by atoms with van der Waals surface area (Å²) in [4.78, 5) is 12.2. The van der Waals surface area contributed by atoms with Gasteiger partial charge in [-0.2, -0.15) is 0 Å². The Labute approximate surface area is 165 Å². The minimum absolute atomic E-state index is 0.0185. The summed E-state index contributed by atoms with van der Waals surface area (Å²) in [6.07, 6.45) is 5.75. The third-order valence-electron chi connectivity index (χ3n) is 4.91.